The zero-order chi connectivity index (χ0) is 28.6. The molecule has 2 aromatic rings. The lowest BCUT2D eigenvalue weighted by Crippen LogP contribution is -2.44. The number of hydrogen-bond donors (Lipinski definition) is 1. The molecule has 10 nitrogen and oxygen atoms in total. The summed E-state index contributed by atoms with van der Waals surface area (Å²) in [5.74, 6) is -2.93. The molecule has 1 amide bonds. The van der Waals surface area contributed by atoms with Gasteiger partial charge in [-0.3, -0.25) is 18.0 Å². The molecule has 0 aliphatic carbocycles. The third kappa shape index (κ3) is 9.79. The number of amides is 1. The van der Waals surface area contributed by atoms with E-state index in [1.165, 1.54) is 24.3 Å². The highest BCUT2D eigenvalue weighted by molar-refractivity contribution is 7.87. The van der Waals surface area contributed by atoms with Gasteiger partial charge in [-0.15, -0.1) is 0 Å². The Morgan fingerprint density at radius 2 is 1.16 bits per heavy atom. The van der Waals surface area contributed by atoms with Gasteiger partial charge < -0.3 is 10.2 Å². The second kappa shape index (κ2) is 13.3. The maximum absolute atomic E-state index is 12.6. The van der Waals surface area contributed by atoms with E-state index in [0.29, 0.717) is 0 Å². The number of hydrogen-bond acceptors (Lipinski definition) is 9. The normalized spacial score (nSPS) is 12.3. The summed E-state index contributed by atoms with van der Waals surface area (Å²) < 4.78 is 96.5. The summed E-state index contributed by atoms with van der Waals surface area (Å²) in [7, 11) is -8.35. The number of aryl methyl sites for hydroxylation is 2. The van der Waals surface area contributed by atoms with Crippen LogP contribution in [0.3, 0.4) is 0 Å². The molecule has 0 atom stereocenters. The summed E-state index contributed by atoms with van der Waals surface area (Å²) in [6.45, 7) is -0.144. The summed E-state index contributed by atoms with van der Waals surface area (Å²) in [6.07, 6.45) is -5.08. The van der Waals surface area contributed by atoms with Crippen LogP contribution < -0.4 is 5.32 Å². The molecule has 0 saturated heterocycles. The summed E-state index contributed by atoms with van der Waals surface area (Å²) in [4.78, 5) is 24.3. The van der Waals surface area contributed by atoms with Gasteiger partial charge in [0.05, 0.1) is 36.1 Å². The van der Waals surface area contributed by atoms with Gasteiger partial charge in [0, 0.05) is 13.1 Å². The number of alkyl halides is 3. The van der Waals surface area contributed by atoms with Crippen molar-refractivity contribution >= 4 is 31.9 Å². The Hall–Kier alpha value is -2.85. The van der Waals surface area contributed by atoms with Gasteiger partial charge in [0.15, 0.2) is 0 Å². The second-order valence-electron chi connectivity index (χ2n) is 8.08. The number of Topliss-reactive ketones (excluding diaryl/α,β-unsaturated/α-hetero) is 1. The molecule has 2 rings (SSSR count). The number of carbonyl (C=O) groups is 2. The van der Waals surface area contributed by atoms with E-state index in [1.807, 2.05) is 0 Å². The van der Waals surface area contributed by atoms with Gasteiger partial charge in [-0.1, -0.05) is 35.4 Å². The van der Waals surface area contributed by atoms with E-state index < -0.39 is 64.4 Å². The third-order valence-corrected chi connectivity index (χ3v) is 7.70. The zero-order valence-electron chi connectivity index (χ0n) is 20.5. The minimum absolute atomic E-state index is 0.124. The monoisotopic (exact) mass is 580 g/mol. The second-order valence-corrected chi connectivity index (χ2v) is 11.3. The lowest BCUT2D eigenvalue weighted by atomic mass is 10.2. The molecular formula is C23H27F3N2O8S2. The van der Waals surface area contributed by atoms with Gasteiger partial charge in [-0.2, -0.15) is 30.0 Å². The van der Waals surface area contributed by atoms with E-state index in [0.717, 1.165) is 16.0 Å². The Morgan fingerprint density at radius 1 is 0.763 bits per heavy atom. The van der Waals surface area contributed by atoms with Crippen LogP contribution >= 0.6 is 0 Å². The highest BCUT2D eigenvalue weighted by Crippen LogP contribution is 2.16. The van der Waals surface area contributed by atoms with Crippen molar-refractivity contribution in [3.63, 3.8) is 0 Å². The van der Waals surface area contributed by atoms with Crippen LogP contribution in [0.2, 0.25) is 0 Å². The first-order chi connectivity index (χ1) is 17.6. The van der Waals surface area contributed by atoms with Crippen LogP contribution in [0.15, 0.2) is 58.3 Å². The molecule has 38 heavy (non-hydrogen) atoms. The fourth-order valence-electron chi connectivity index (χ4n) is 2.92. The van der Waals surface area contributed by atoms with E-state index in [-0.39, 0.29) is 22.9 Å². The number of halogens is 3. The maximum atomic E-state index is 12.6. The van der Waals surface area contributed by atoms with Crippen molar-refractivity contribution in [3.8, 4) is 0 Å². The Morgan fingerprint density at radius 3 is 1.53 bits per heavy atom. The molecule has 15 heteroatoms. The Labute approximate surface area is 219 Å². The van der Waals surface area contributed by atoms with E-state index in [1.54, 1.807) is 38.1 Å². The minimum atomic E-state index is -5.08. The van der Waals surface area contributed by atoms with Gasteiger partial charge >= 0.3 is 6.18 Å². The number of ketones is 1. The largest absolute Gasteiger partial charge is 0.451 e. The van der Waals surface area contributed by atoms with Crippen molar-refractivity contribution in [2.45, 2.75) is 29.8 Å². The molecule has 2 aromatic carbocycles. The molecule has 0 radical (unpaired) electrons. The summed E-state index contributed by atoms with van der Waals surface area (Å²) >= 11 is 0. The van der Waals surface area contributed by atoms with Crippen LogP contribution in [-0.2, 0) is 38.2 Å². The number of benzene rings is 2. The lowest BCUT2D eigenvalue weighted by Gasteiger charge is -2.23. The average Bonchev–Trinajstić information content (AvgIpc) is 2.82. The van der Waals surface area contributed by atoms with Crippen LogP contribution in [-0.4, -0.2) is 79.0 Å². The number of nitrogens with one attached hydrogen (secondary N) is 1. The molecular weight excluding hydrogens is 553 g/mol. The van der Waals surface area contributed by atoms with Crippen molar-refractivity contribution in [1.82, 2.24) is 10.2 Å². The smallest absolute Gasteiger partial charge is 0.337 e. The Balaban J connectivity index is 2.02. The molecule has 210 valence electrons. The standard InChI is InChI=1S/C23H27F3N2O8S2/c1-17-3-7-19(8-4-17)37(31,32)35-13-11-28(22(30)16-27-15-21(29)23(24,25)26)12-14-36-38(33,34)20-9-5-18(2)6-10-20/h3-10,27H,11-16H2,1-2H3. The summed E-state index contributed by atoms with van der Waals surface area (Å²) in [5, 5.41) is 2.07. The van der Waals surface area contributed by atoms with Gasteiger partial charge in [-0.25, -0.2) is 0 Å². The van der Waals surface area contributed by atoms with Crippen molar-refractivity contribution < 1.29 is 48.0 Å². The van der Waals surface area contributed by atoms with Crippen LogP contribution in [0.4, 0.5) is 13.2 Å². The van der Waals surface area contributed by atoms with Crippen molar-refractivity contribution in [3.05, 3.63) is 59.7 Å². The first kappa shape index (κ1) is 31.4. The molecule has 0 aromatic heterocycles. The van der Waals surface area contributed by atoms with Crippen LogP contribution in [0, 0.1) is 13.8 Å². The van der Waals surface area contributed by atoms with Gasteiger partial charge in [0.1, 0.15) is 0 Å². The highest BCUT2D eigenvalue weighted by atomic mass is 32.2. The average molecular weight is 581 g/mol. The van der Waals surface area contributed by atoms with Crippen molar-refractivity contribution in [2.75, 3.05) is 39.4 Å². The van der Waals surface area contributed by atoms with E-state index in [9.17, 15) is 39.6 Å². The number of nitrogens with zero attached hydrogens (tertiary/aromatic N) is 1. The molecule has 1 N–H and O–H groups in total. The third-order valence-electron chi connectivity index (χ3n) is 5.05. The Bertz CT molecular complexity index is 1230. The summed E-state index contributed by atoms with van der Waals surface area (Å²) in [6, 6.07) is 11.6. The topological polar surface area (TPSA) is 136 Å². The maximum Gasteiger partial charge on any atom is 0.451 e. The van der Waals surface area contributed by atoms with E-state index >= 15 is 0 Å². The van der Waals surface area contributed by atoms with Crippen molar-refractivity contribution in [2.24, 2.45) is 0 Å². The van der Waals surface area contributed by atoms with Crippen LogP contribution in [0.1, 0.15) is 11.1 Å². The number of rotatable bonds is 14. The molecule has 0 unspecified atom stereocenters. The van der Waals surface area contributed by atoms with E-state index in [4.69, 9.17) is 8.37 Å². The molecule has 0 spiro atoms. The zero-order valence-corrected chi connectivity index (χ0v) is 22.2. The molecule has 0 bridgehead atoms. The molecule has 0 saturated carbocycles. The van der Waals surface area contributed by atoms with Crippen molar-refractivity contribution in [1.29, 1.82) is 0 Å². The summed E-state index contributed by atoms with van der Waals surface area (Å²) in [5.41, 5.74) is 1.63. The SMILES string of the molecule is Cc1ccc(S(=O)(=O)OCCN(CCOS(=O)(=O)c2ccc(C)cc2)C(=O)CNCC(=O)C(F)(F)F)cc1. The minimum Gasteiger partial charge on any atom is -0.337 e. The Kier molecular flexibility index (Phi) is 11.0. The quantitative estimate of drug-likeness (QED) is 0.333. The van der Waals surface area contributed by atoms with E-state index in [2.05, 4.69) is 5.32 Å². The first-order valence-electron chi connectivity index (χ1n) is 11.1. The molecule has 0 aliphatic rings. The first-order valence-corrected chi connectivity index (χ1v) is 13.9. The number of carbonyl (C=O) groups excluding carboxylic acids is 2. The molecule has 0 fully saturated rings. The van der Waals surface area contributed by atoms with Gasteiger partial charge in [0.2, 0.25) is 11.7 Å². The van der Waals surface area contributed by atoms with Gasteiger partial charge in [-0.05, 0) is 38.1 Å². The fourth-order valence-corrected chi connectivity index (χ4v) is 4.72. The van der Waals surface area contributed by atoms with Crippen LogP contribution in [0.5, 0.6) is 0 Å². The predicted molar refractivity (Wildman–Crippen MR) is 129 cm³/mol. The molecule has 0 heterocycles. The lowest BCUT2D eigenvalue weighted by molar-refractivity contribution is -0.170. The fraction of sp³-hybridized carbons (Fsp3) is 0.391. The van der Waals surface area contributed by atoms with Crippen LogP contribution in [0.25, 0.3) is 0 Å². The van der Waals surface area contributed by atoms with Gasteiger partial charge in [0.25, 0.3) is 20.2 Å². The molecule has 0 aliphatic heterocycles. The highest BCUT2D eigenvalue weighted by Gasteiger charge is 2.37. The predicted octanol–water partition coefficient (Wildman–Crippen LogP) is 1.96.